The van der Waals surface area contributed by atoms with Crippen molar-refractivity contribution >= 4 is 34.8 Å². The van der Waals surface area contributed by atoms with Crippen molar-refractivity contribution in [2.75, 3.05) is 5.73 Å². The zero-order valence-corrected chi connectivity index (χ0v) is 11.1. The number of pyridine rings is 1. The minimum absolute atomic E-state index is 0.254. The van der Waals surface area contributed by atoms with E-state index in [1.807, 2.05) is 17.5 Å². The largest absolute Gasteiger partial charge is 0.384 e. The van der Waals surface area contributed by atoms with Crippen LogP contribution in [0.25, 0.3) is 0 Å². The number of rotatable bonds is 4. The lowest BCUT2D eigenvalue weighted by Gasteiger charge is -2.03. The highest BCUT2D eigenvalue weighted by Crippen LogP contribution is 2.26. The van der Waals surface area contributed by atoms with E-state index in [1.165, 1.54) is 11.3 Å². The first-order chi connectivity index (χ1) is 8.70. The Hall–Kier alpha value is -1.57. The Balaban J connectivity index is 2.04. The Morgan fingerprint density at radius 2 is 2.28 bits per heavy atom. The molecule has 0 saturated carbocycles. The van der Waals surface area contributed by atoms with Gasteiger partial charge in [-0.3, -0.25) is 10.2 Å². The molecular formula is C11H12N4OS2. The lowest BCUT2D eigenvalue weighted by molar-refractivity contribution is 0.0957. The summed E-state index contributed by atoms with van der Waals surface area (Å²) in [5.41, 5.74) is 8.62. The number of nitrogens with zero attached hydrogens (tertiary/aromatic N) is 1. The number of aromatic nitrogens is 1. The lowest BCUT2D eigenvalue weighted by atomic mass is 10.3. The second-order valence-corrected chi connectivity index (χ2v) is 5.42. The van der Waals surface area contributed by atoms with Crippen molar-refractivity contribution in [3.05, 3.63) is 40.2 Å². The van der Waals surface area contributed by atoms with E-state index < -0.39 is 0 Å². The molecule has 0 aliphatic rings. The van der Waals surface area contributed by atoms with Crippen LogP contribution in [0.15, 0.2) is 34.7 Å². The van der Waals surface area contributed by atoms with Gasteiger partial charge in [0.2, 0.25) is 0 Å². The third kappa shape index (κ3) is 3.00. The molecule has 7 heteroatoms. The number of carbonyl (C=O) groups excluding carboxylic acids is 1. The molecule has 0 aromatic carbocycles. The first-order valence-corrected chi connectivity index (χ1v) is 6.99. The van der Waals surface area contributed by atoms with Gasteiger partial charge in [0.1, 0.15) is 5.82 Å². The summed E-state index contributed by atoms with van der Waals surface area (Å²) in [6, 6.07) is 5.58. The number of hydrogen-bond donors (Lipinski definition) is 3. The van der Waals surface area contributed by atoms with Crippen molar-refractivity contribution in [2.24, 2.45) is 5.84 Å². The van der Waals surface area contributed by atoms with Gasteiger partial charge in [-0.05, 0) is 29.1 Å². The maximum Gasteiger partial charge on any atom is 0.275 e. The predicted molar refractivity (Wildman–Crippen MR) is 74.2 cm³/mol. The van der Waals surface area contributed by atoms with Crippen LogP contribution in [-0.2, 0) is 5.75 Å². The Morgan fingerprint density at radius 1 is 1.44 bits per heavy atom. The van der Waals surface area contributed by atoms with Crippen molar-refractivity contribution < 1.29 is 4.79 Å². The van der Waals surface area contributed by atoms with Crippen LogP contribution in [0.3, 0.4) is 0 Å². The molecule has 2 aromatic rings. The van der Waals surface area contributed by atoms with Crippen LogP contribution in [0.2, 0.25) is 0 Å². The Kier molecular flexibility index (Phi) is 4.19. The summed E-state index contributed by atoms with van der Waals surface area (Å²) in [5, 5.41) is 1.88. The van der Waals surface area contributed by atoms with E-state index in [-0.39, 0.29) is 5.91 Å². The molecule has 0 saturated heterocycles. The van der Waals surface area contributed by atoms with Crippen molar-refractivity contribution in [2.45, 2.75) is 10.6 Å². The standard InChI is InChI=1S/C11H12N4OS2/c12-9-2-1-8(5-14-9)18-6-7-3-4-17-10(7)11(16)15-13/h1-5H,6,13H2,(H2,12,14)(H,15,16). The van der Waals surface area contributed by atoms with Crippen LogP contribution in [0.4, 0.5) is 5.82 Å². The van der Waals surface area contributed by atoms with Gasteiger partial charge in [-0.2, -0.15) is 0 Å². The number of nitrogens with one attached hydrogen (secondary N) is 1. The van der Waals surface area contributed by atoms with E-state index in [1.54, 1.807) is 24.0 Å². The van der Waals surface area contributed by atoms with Gasteiger partial charge in [0.15, 0.2) is 0 Å². The van der Waals surface area contributed by atoms with Crippen molar-refractivity contribution in [1.82, 2.24) is 10.4 Å². The summed E-state index contributed by atoms with van der Waals surface area (Å²) in [5.74, 6) is 6.07. The fourth-order valence-electron chi connectivity index (χ4n) is 1.35. The maximum atomic E-state index is 11.5. The van der Waals surface area contributed by atoms with Crippen LogP contribution in [0.1, 0.15) is 15.2 Å². The Bertz CT molecular complexity index is 538. The summed E-state index contributed by atoms with van der Waals surface area (Å²) in [4.78, 5) is 17.2. The molecule has 0 bridgehead atoms. The number of hydrazine groups is 1. The number of thiophene rings is 1. The zero-order valence-electron chi connectivity index (χ0n) is 9.42. The minimum atomic E-state index is -0.254. The van der Waals surface area contributed by atoms with Crippen LogP contribution in [0, 0.1) is 0 Å². The van der Waals surface area contributed by atoms with Crippen LogP contribution < -0.4 is 17.0 Å². The number of hydrogen-bond acceptors (Lipinski definition) is 6. The topological polar surface area (TPSA) is 94.0 Å². The first-order valence-electron chi connectivity index (χ1n) is 5.12. The molecule has 0 spiro atoms. The van der Waals surface area contributed by atoms with E-state index in [0.29, 0.717) is 16.4 Å². The van der Waals surface area contributed by atoms with Crippen molar-refractivity contribution in [1.29, 1.82) is 0 Å². The van der Waals surface area contributed by atoms with E-state index in [2.05, 4.69) is 10.4 Å². The van der Waals surface area contributed by atoms with E-state index in [9.17, 15) is 4.79 Å². The number of carbonyl (C=O) groups is 1. The van der Waals surface area contributed by atoms with Gasteiger partial charge in [0, 0.05) is 16.8 Å². The van der Waals surface area contributed by atoms with Gasteiger partial charge in [-0.1, -0.05) is 0 Å². The van der Waals surface area contributed by atoms with Gasteiger partial charge in [-0.25, -0.2) is 10.8 Å². The minimum Gasteiger partial charge on any atom is -0.384 e. The van der Waals surface area contributed by atoms with Gasteiger partial charge in [0.05, 0.1) is 4.88 Å². The molecule has 0 aliphatic heterocycles. The summed E-state index contributed by atoms with van der Waals surface area (Å²) in [6.45, 7) is 0. The Morgan fingerprint density at radius 3 is 2.94 bits per heavy atom. The number of amides is 1. The number of anilines is 1. The van der Waals surface area contributed by atoms with E-state index in [0.717, 1.165) is 10.5 Å². The molecule has 0 unspecified atom stereocenters. The molecule has 5 nitrogen and oxygen atoms in total. The van der Waals surface area contributed by atoms with Gasteiger partial charge in [-0.15, -0.1) is 23.1 Å². The smallest absolute Gasteiger partial charge is 0.275 e. The third-order valence-corrected chi connectivity index (χ3v) is 4.22. The Labute approximate surface area is 113 Å². The lowest BCUT2D eigenvalue weighted by Crippen LogP contribution is -2.29. The molecule has 94 valence electrons. The summed E-state index contributed by atoms with van der Waals surface area (Å²) < 4.78 is 0. The molecule has 0 radical (unpaired) electrons. The number of nitrogens with two attached hydrogens (primary N) is 2. The molecule has 1 amide bonds. The SMILES string of the molecule is NNC(=O)c1sccc1CSc1ccc(N)nc1. The normalized spacial score (nSPS) is 10.3. The average molecular weight is 280 g/mol. The predicted octanol–water partition coefficient (Wildman–Crippen LogP) is 1.62. The quantitative estimate of drug-likeness (QED) is 0.342. The third-order valence-electron chi connectivity index (χ3n) is 2.24. The molecule has 0 fully saturated rings. The molecule has 0 atom stereocenters. The molecule has 2 rings (SSSR count). The maximum absolute atomic E-state index is 11.5. The van der Waals surface area contributed by atoms with Gasteiger partial charge >= 0.3 is 0 Å². The average Bonchev–Trinajstić information content (AvgIpc) is 2.85. The monoisotopic (exact) mass is 280 g/mol. The first kappa shape index (κ1) is 12.9. The fraction of sp³-hybridized carbons (Fsp3) is 0.0909. The summed E-state index contributed by atoms with van der Waals surface area (Å²) in [7, 11) is 0. The number of thioether (sulfide) groups is 1. The molecule has 2 heterocycles. The molecule has 18 heavy (non-hydrogen) atoms. The van der Waals surface area contributed by atoms with Crippen LogP contribution in [-0.4, -0.2) is 10.9 Å². The van der Waals surface area contributed by atoms with E-state index >= 15 is 0 Å². The fourth-order valence-corrected chi connectivity index (χ4v) is 3.12. The van der Waals surface area contributed by atoms with Gasteiger partial charge < -0.3 is 5.73 Å². The van der Waals surface area contributed by atoms with E-state index in [4.69, 9.17) is 11.6 Å². The van der Waals surface area contributed by atoms with Crippen LogP contribution >= 0.6 is 23.1 Å². The van der Waals surface area contributed by atoms with Gasteiger partial charge in [0.25, 0.3) is 5.91 Å². The zero-order chi connectivity index (χ0) is 13.0. The number of nitrogen functional groups attached to an aromatic ring is 2. The highest BCUT2D eigenvalue weighted by molar-refractivity contribution is 7.98. The highest BCUT2D eigenvalue weighted by atomic mass is 32.2. The molecule has 2 aromatic heterocycles. The summed E-state index contributed by atoms with van der Waals surface area (Å²) >= 11 is 2.98. The van der Waals surface area contributed by atoms with Crippen molar-refractivity contribution in [3.8, 4) is 0 Å². The molecular weight excluding hydrogens is 268 g/mol. The van der Waals surface area contributed by atoms with Crippen molar-refractivity contribution in [3.63, 3.8) is 0 Å². The molecule has 5 N–H and O–H groups in total. The second kappa shape index (κ2) is 5.85. The van der Waals surface area contributed by atoms with Crippen LogP contribution in [0.5, 0.6) is 0 Å². The molecule has 0 aliphatic carbocycles. The highest BCUT2D eigenvalue weighted by Gasteiger charge is 2.11. The summed E-state index contributed by atoms with van der Waals surface area (Å²) in [6.07, 6.45) is 1.72. The second-order valence-electron chi connectivity index (χ2n) is 3.46.